The van der Waals surface area contributed by atoms with E-state index in [1.54, 1.807) is 11.8 Å². The quantitative estimate of drug-likeness (QED) is 0.578. The van der Waals surface area contributed by atoms with Gasteiger partial charge >= 0.3 is 6.09 Å². The minimum absolute atomic E-state index is 0.0157. The highest BCUT2D eigenvalue weighted by molar-refractivity contribution is 5.90. The minimum Gasteiger partial charge on any atom is -0.507 e. The van der Waals surface area contributed by atoms with Crippen molar-refractivity contribution in [2.45, 2.75) is 58.3 Å². The number of aliphatic hydroxyl groups excluding tert-OH is 1. The van der Waals surface area contributed by atoms with Crippen molar-refractivity contribution in [2.75, 3.05) is 46.3 Å². The van der Waals surface area contributed by atoms with Crippen LogP contribution in [0.4, 0.5) is 4.79 Å². The average Bonchev–Trinajstić information content (AvgIpc) is 2.76. The highest BCUT2D eigenvalue weighted by atomic mass is 16.6. The van der Waals surface area contributed by atoms with E-state index in [-0.39, 0.29) is 40.7 Å². The molecular weight excluding hydrogens is 466 g/mol. The number of aliphatic hydroxyl groups is 1. The number of amides is 1. The first-order valence-corrected chi connectivity index (χ1v) is 12.4. The van der Waals surface area contributed by atoms with Crippen molar-refractivity contribution < 1.29 is 29.3 Å². The third-order valence-corrected chi connectivity index (χ3v) is 6.94. The topological polar surface area (TPSA) is 127 Å². The number of hydrogen-bond donors (Lipinski definition) is 3. The molecule has 2 aromatic rings. The molecule has 3 heterocycles. The number of benzene rings is 1. The molecule has 2 atom stereocenters. The third kappa shape index (κ3) is 5.30. The van der Waals surface area contributed by atoms with E-state index < -0.39 is 23.1 Å². The molecule has 0 aliphatic carbocycles. The zero-order valence-electron chi connectivity index (χ0n) is 21.7. The SMILES string of the molecule is Cc1cc(=O)c2c(O)c(CN3CCN(C(=O)OC(C)(C)C)CC3)c(O)c([C@H]3CCN(C)C[C@H]3O)c2o1. The van der Waals surface area contributed by atoms with Gasteiger partial charge in [0.2, 0.25) is 0 Å². The second kappa shape index (κ2) is 9.91. The molecule has 1 aromatic heterocycles. The summed E-state index contributed by atoms with van der Waals surface area (Å²) >= 11 is 0. The van der Waals surface area contributed by atoms with E-state index in [2.05, 4.69) is 0 Å². The number of piperazine rings is 1. The highest BCUT2D eigenvalue weighted by Crippen LogP contribution is 2.45. The normalized spacial score (nSPS) is 22.2. The van der Waals surface area contributed by atoms with Crippen molar-refractivity contribution in [1.29, 1.82) is 0 Å². The standard InChI is InChI=1S/C26H37N3O7/c1-15-12-18(30)21-23(33)17(13-28-8-10-29(11-9-28)25(34)36-26(2,3)4)22(32)20(24(21)35-15)16-6-7-27(5)14-19(16)31/h12,16,19,31-33H,6-11,13-14H2,1-5H3/t16-,19+/m0/s1. The summed E-state index contributed by atoms with van der Waals surface area (Å²) in [7, 11) is 1.92. The lowest BCUT2D eigenvalue weighted by Gasteiger charge is -2.36. The molecule has 198 valence electrons. The van der Waals surface area contributed by atoms with Crippen LogP contribution in [0.25, 0.3) is 11.0 Å². The van der Waals surface area contributed by atoms with E-state index in [1.807, 2.05) is 37.6 Å². The lowest BCUT2D eigenvalue weighted by atomic mass is 9.84. The van der Waals surface area contributed by atoms with Crippen molar-refractivity contribution in [3.05, 3.63) is 33.2 Å². The number of aryl methyl sites for hydroxylation is 1. The number of β-amino-alcohol motifs (C(OH)–C–C–N with tert-alkyl or cyclic N) is 1. The Morgan fingerprint density at radius 1 is 1.14 bits per heavy atom. The van der Waals surface area contributed by atoms with Gasteiger partial charge in [0.1, 0.15) is 33.8 Å². The number of fused-ring (bicyclic) bond motifs is 1. The predicted octanol–water partition coefficient (Wildman–Crippen LogP) is 2.35. The van der Waals surface area contributed by atoms with Crippen LogP contribution in [0.5, 0.6) is 11.5 Å². The van der Waals surface area contributed by atoms with Crippen LogP contribution in [-0.4, -0.2) is 94.1 Å². The van der Waals surface area contributed by atoms with Crippen molar-refractivity contribution in [2.24, 2.45) is 0 Å². The predicted molar refractivity (Wildman–Crippen MR) is 134 cm³/mol. The summed E-state index contributed by atoms with van der Waals surface area (Å²) < 4.78 is 11.3. The number of likely N-dealkylation sites (N-methyl/N-ethyl adjacent to an activating group) is 1. The fraction of sp³-hybridized carbons (Fsp3) is 0.615. The molecule has 2 aliphatic heterocycles. The van der Waals surface area contributed by atoms with Gasteiger partial charge in [0.15, 0.2) is 5.43 Å². The van der Waals surface area contributed by atoms with E-state index in [4.69, 9.17) is 9.15 Å². The summed E-state index contributed by atoms with van der Waals surface area (Å²) in [6, 6.07) is 1.32. The summed E-state index contributed by atoms with van der Waals surface area (Å²) in [6.45, 7) is 10.3. The second-order valence-electron chi connectivity index (χ2n) is 11.0. The number of phenolic OH excluding ortho intramolecular Hbond substituents is 2. The molecule has 0 unspecified atom stereocenters. The Labute approximate surface area is 210 Å². The number of ether oxygens (including phenoxy) is 1. The van der Waals surface area contributed by atoms with Crippen LogP contribution < -0.4 is 5.43 Å². The molecule has 2 saturated heterocycles. The molecule has 10 nitrogen and oxygen atoms in total. The molecule has 10 heteroatoms. The fourth-order valence-corrected chi connectivity index (χ4v) is 5.12. The Hall–Kier alpha value is -2.82. The van der Waals surface area contributed by atoms with Gasteiger partial charge in [-0.1, -0.05) is 0 Å². The first-order valence-electron chi connectivity index (χ1n) is 12.4. The number of nitrogens with zero attached hydrogens (tertiary/aromatic N) is 3. The lowest BCUT2D eigenvalue weighted by Crippen LogP contribution is -2.49. The molecular formula is C26H37N3O7. The van der Waals surface area contributed by atoms with Crippen LogP contribution in [-0.2, 0) is 11.3 Å². The van der Waals surface area contributed by atoms with Gasteiger partial charge < -0.3 is 34.3 Å². The van der Waals surface area contributed by atoms with Crippen LogP contribution >= 0.6 is 0 Å². The highest BCUT2D eigenvalue weighted by Gasteiger charge is 2.35. The molecule has 36 heavy (non-hydrogen) atoms. The summed E-state index contributed by atoms with van der Waals surface area (Å²) in [5.74, 6) is -0.549. The molecule has 0 saturated carbocycles. The molecule has 1 aromatic carbocycles. The maximum atomic E-state index is 12.9. The molecule has 4 rings (SSSR count). The summed E-state index contributed by atoms with van der Waals surface area (Å²) in [6.07, 6.45) is -0.569. The second-order valence-corrected chi connectivity index (χ2v) is 11.0. The lowest BCUT2D eigenvalue weighted by molar-refractivity contribution is 0.0137. The molecule has 0 radical (unpaired) electrons. The average molecular weight is 504 g/mol. The number of phenols is 2. The molecule has 2 fully saturated rings. The van der Waals surface area contributed by atoms with Crippen LogP contribution in [0.3, 0.4) is 0 Å². The summed E-state index contributed by atoms with van der Waals surface area (Å²) in [4.78, 5) is 31.0. The minimum atomic E-state index is -0.765. The van der Waals surface area contributed by atoms with Crippen LogP contribution in [0.2, 0.25) is 0 Å². The maximum Gasteiger partial charge on any atom is 0.410 e. The third-order valence-electron chi connectivity index (χ3n) is 6.94. The van der Waals surface area contributed by atoms with Crippen molar-refractivity contribution in [1.82, 2.24) is 14.7 Å². The molecule has 1 amide bonds. The van der Waals surface area contributed by atoms with Gasteiger partial charge in [-0.05, 0) is 47.7 Å². The number of carbonyl (C=O) groups excluding carboxylic acids is 1. The van der Waals surface area contributed by atoms with Gasteiger partial charge in [0.25, 0.3) is 0 Å². The van der Waals surface area contributed by atoms with E-state index in [9.17, 15) is 24.9 Å². The van der Waals surface area contributed by atoms with Gasteiger partial charge in [0, 0.05) is 56.8 Å². The Morgan fingerprint density at radius 3 is 2.42 bits per heavy atom. The zero-order valence-corrected chi connectivity index (χ0v) is 21.7. The van der Waals surface area contributed by atoms with Crippen LogP contribution in [0, 0.1) is 6.92 Å². The molecule has 0 spiro atoms. The van der Waals surface area contributed by atoms with Gasteiger partial charge in [-0.15, -0.1) is 0 Å². The number of likely N-dealkylation sites (tertiary alicyclic amines) is 1. The van der Waals surface area contributed by atoms with E-state index in [1.165, 1.54) is 6.07 Å². The molecule has 3 N–H and O–H groups in total. The Balaban J connectivity index is 1.67. The fourth-order valence-electron chi connectivity index (χ4n) is 5.12. The largest absolute Gasteiger partial charge is 0.507 e. The van der Waals surface area contributed by atoms with E-state index in [0.717, 1.165) is 0 Å². The number of aromatic hydroxyl groups is 2. The molecule has 0 bridgehead atoms. The van der Waals surface area contributed by atoms with Crippen LogP contribution in [0.15, 0.2) is 15.3 Å². The Morgan fingerprint density at radius 2 is 1.81 bits per heavy atom. The number of carbonyl (C=O) groups is 1. The number of rotatable bonds is 3. The van der Waals surface area contributed by atoms with Crippen molar-refractivity contribution in [3.8, 4) is 11.5 Å². The van der Waals surface area contributed by atoms with Crippen molar-refractivity contribution in [3.63, 3.8) is 0 Å². The smallest absolute Gasteiger partial charge is 0.410 e. The van der Waals surface area contributed by atoms with Gasteiger partial charge in [0.05, 0.1) is 11.7 Å². The zero-order chi connectivity index (χ0) is 26.4. The molecule has 2 aliphatic rings. The van der Waals surface area contributed by atoms with Crippen molar-refractivity contribution >= 4 is 17.1 Å². The van der Waals surface area contributed by atoms with E-state index in [0.29, 0.717) is 57.0 Å². The first-order chi connectivity index (χ1) is 16.9. The van der Waals surface area contributed by atoms with Gasteiger partial charge in [-0.3, -0.25) is 9.69 Å². The Bertz CT molecular complexity index is 1190. The maximum absolute atomic E-state index is 12.9. The number of hydrogen-bond acceptors (Lipinski definition) is 9. The monoisotopic (exact) mass is 503 g/mol. The summed E-state index contributed by atoms with van der Waals surface area (Å²) in [5.41, 5.74) is -0.254. The Kier molecular flexibility index (Phi) is 7.23. The summed E-state index contributed by atoms with van der Waals surface area (Å²) in [5, 5.41) is 33.4. The number of piperidine rings is 1. The van der Waals surface area contributed by atoms with Gasteiger partial charge in [-0.25, -0.2) is 4.79 Å². The first kappa shape index (κ1) is 26.2. The van der Waals surface area contributed by atoms with Gasteiger partial charge in [-0.2, -0.15) is 0 Å². The van der Waals surface area contributed by atoms with E-state index >= 15 is 0 Å². The van der Waals surface area contributed by atoms with Crippen LogP contribution in [0.1, 0.15) is 50.0 Å².